The molecule has 0 radical (unpaired) electrons. The van der Waals surface area contributed by atoms with Crippen LogP contribution in [0.5, 0.6) is 0 Å². The molecule has 0 spiro atoms. The zero-order valence-electron chi connectivity index (χ0n) is 13.8. The Hall–Kier alpha value is -2.45. The number of pyridine rings is 1. The lowest BCUT2D eigenvalue weighted by molar-refractivity contribution is -0.250. The Kier molecular flexibility index (Phi) is 4.77. The van der Waals surface area contributed by atoms with Gasteiger partial charge < -0.3 is 14.8 Å². The highest BCUT2D eigenvalue weighted by Crippen LogP contribution is 2.18. The number of carbonyl (C=O) groups is 1. The van der Waals surface area contributed by atoms with Crippen molar-refractivity contribution in [2.24, 2.45) is 0 Å². The third kappa shape index (κ3) is 3.90. The van der Waals surface area contributed by atoms with Crippen molar-refractivity contribution in [2.75, 3.05) is 25.1 Å². The number of nitrogens with zero attached hydrogens (tertiary/aromatic N) is 3. The third-order valence-corrected chi connectivity index (χ3v) is 3.61. The van der Waals surface area contributed by atoms with Crippen LogP contribution in [0.2, 0.25) is 0 Å². The van der Waals surface area contributed by atoms with Gasteiger partial charge in [-0.1, -0.05) is 6.07 Å². The zero-order valence-corrected chi connectivity index (χ0v) is 13.8. The minimum absolute atomic E-state index is 0.259. The lowest BCUT2D eigenvalue weighted by atomic mass is 10.3. The molecule has 1 aliphatic heterocycles. The van der Waals surface area contributed by atoms with E-state index in [1.165, 1.54) is 0 Å². The van der Waals surface area contributed by atoms with Gasteiger partial charge in [0.25, 0.3) is 0 Å². The molecule has 3 rings (SSSR count). The number of anilines is 1. The van der Waals surface area contributed by atoms with E-state index in [4.69, 9.17) is 9.47 Å². The predicted molar refractivity (Wildman–Crippen MR) is 88.0 cm³/mol. The van der Waals surface area contributed by atoms with Crippen LogP contribution in [-0.2, 0) is 9.47 Å². The van der Waals surface area contributed by atoms with E-state index < -0.39 is 5.79 Å². The van der Waals surface area contributed by atoms with Gasteiger partial charge in [0, 0.05) is 12.3 Å². The smallest absolute Gasteiger partial charge is 0.320 e. The Morgan fingerprint density at radius 1 is 1.38 bits per heavy atom. The van der Waals surface area contributed by atoms with Crippen LogP contribution in [0.15, 0.2) is 30.5 Å². The number of aryl methyl sites for hydroxylation is 1. The highest BCUT2D eigenvalue weighted by atomic mass is 16.7. The molecule has 0 aromatic carbocycles. The molecule has 2 N–H and O–H groups in total. The molecule has 8 heteroatoms. The monoisotopic (exact) mass is 331 g/mol. The fraction of sp³-hybridized carbons (Fsp3) is 0.438. The van der Waals surface area contributed by atoms with Crippen molar-refractivity contribution in [3.8, 4) is 5.82 Å². The van der Waals surface area contributed by atoms with Crippen LogP contribution in [0, 0.1) is 6.92 Å². The first-order chi connectivity index (χ1) is 11.6. The highest BCUT2D eigenvalue weighted by molar-refractivity contribution is 5.88. The van der Waals surface area contributed by atoms with E-state index in [0.717, 1.165) is 12.1 Å². The lowest BCUT2D eigenvalue weighted by Gasteiger charge is -2.33. The molecule has 3 heterocycles. The number of ether oxygens (including phenoxy) is 2. The molecule has 0 bridgehead atoms. The molecule has 2 amide bonds. The summed E-state index contributed by atoms with van der Waals surface area (Å²) in [4.78, 5) is 16.4. The van der Waals surface area contributed by atoms with Gasteiger partial charge >= 0.3 is 6.03 Å². The summed E-state index contributed by atoms with van der Waals surface area (Å²) >= 11 is 0. The van der Waals surface area contributed by atoms with Crippen LogP contribution in [0.4, 0.5) is 10.6 Å². The van der Waals surface area contributed by atoms with Crippen LogP contribution in [0.1, 0.15) is 19.0 Å². The molecular weight excluding hydrogens is 310 g/mol. The second-order valence-corrected chi connectivity index (χ2v) is 5.76. The van der Waals surface area contributed by atoms with Crippen LogP contribution >= 0.6 is 0 Å². The number of nitrogens with one attached hydrogen (secondary N) is 2. The van der Waals surface area contributed by atoms with E-state index in [1.54, 1.807) is 16.9 Å². The van der Waals surface area contributed by atoms with E-state index in [2.05, 4.69) is 20.7 Å². The summed E-state index contributed by atoms with van der Waals surface area (Å²) in [5.74, 6) is 0.387. The minimum atomic E-state index is -0.785. The third-order valence-electron chi connectivity index (χ3n) is 3.61. The number of hydrogen-bond donors (Lipinski definition) is 2. The molecular formula is C16H21N5O3. The summed E-state index contributed by atoms with van der Waals surface area (Å²) in [7, 11) is 0. The Bertz CT molecular complexity index is 695. The van der Waals surface area contributed by atoms with Crippen molar-refractivity contribution in [3.05, 3.63) is 36.2 Å². The summed E-state index contributed by atoms with van der Waals surface area (Å²) in [6.45, 7) is 5.19. The van der Waals surface area contributed by atoms with Crippen molar-refractivity contribution >= 4 is 11.8 Å². The fourth-order valence-corrected chi connectivity index (χ4v) is 2.42. The van der Waals surface area contributed by atoms with Gasteiger partial charge in [-0.2, -0.15) is 9.78 Å². The Balaban J connectivity index is 1.64. The maximum atomic E-state index is 12.2. The molecule has 0 aliphatic carbocycles. The number of hydrogen-bond acceptors (Lipinski definition) is 5. The molecule has 24 heavy (non-hydrogen) atoms. The van der Waals surface area contributed by atoms with E-state index in [-0.39, 0.29) is 12.6 Å². The van der Waals surface area contributed by atoms with Gasteiger partial charge in [-0.15, -0.1) is 0 Å². The number of aromatic nitrogens is 3. The summed E-state index contributed by atoms with van der Waals surface area (Å²) in [5.41, 5.74) is 0.780. The molecule has 0 unspecified atom stereocenters. The quantitative estimate of drug-likeness (QED) is 0.892. The predicted octanol–water partition coefficient (Wildman–Crippen LogP) is 1.85. The molecule has 1 fully saturated rings. The Morgan fingerprint density at radius 2 is 2.17 bits per heavy atom. The van der Waals surface area contributed by atoms with Crippen molar-refractivity contribution in [2.45, 2.75) is 26.1 Å². The molecule has 1 saturated heterocycles. The van der Waals surface area contributed by atoms with Crippen molar-refractivity contribution < 1.29 is 14.3 Å². The second kappa shape index (κ2) is 6.98. The maximum Gasteiger partial charge on any atom is 0.320 e. The molecule has 128 valence electrons. The van der Waals surface area contributed by atoms with Gasteiger partial charge in [0.2, 0.25) is 0 Å². The van der Waals surface area contributed by atoms with E-state index in [9.17, 15) is 4.79 Å². The number of carbonyl (C=O) groups excluding carboxylic acids is 1. The van der Waals surface area contributed by atoms with Gasteiger partial charge in [0.15, 0.2) is 11.6 Å². The van der Waals surface area contributed by atoms with Gasteiger partial charge in [0.1, 0.15) is 5.82 Å². The van der Waals surface area contributed by atoms with E-state index in [1.807, 2.05) is 32.0 Å². The fourth-order valence-electron chi connectivity index (χ4n) is 2.42. The van der Waals surface area contributed by atoms with Crippen LogP contribution in [-0.4, -0.2) is 46.3 Å². The van der Waals surface area contributed by atoms with Crippen molar-refractivity contribution in [3.63, 3.8) is 0 Å². The van der Waals surface area contributed by atoms with Crippen molar-refractivity contribution in [1.29, 1.82) is 0 Å². The topological polar surface area (TPSA) is 90.3 Å². The van der Waals surface area contributed by atoms with Crippen LogP contribution < -0.4 is 10.6 Å². The zero-order chi connectivity index (χ0) is 17.0. The van der Waals surface area contributed by atoms with Gasteiger partial charge in [0.05, 0.1) is 25.5 Å². The Labute approximate surface area is 140 Å². The second-order valence-electron chi connectivity index (χ2n) is 5.76. The summed E-state index contributed by atoms with van der Waals surface area (Å²) in [6.07, 6.45) is 2.54. The normalized spacial score (nSPS) is 16.6. The molecule has 0 saturated carbocycles. The maximum absolute atomic E-state index is 12.2. The lowest BCUT2D eigenvalue weighted by Crippen LogP contribution is -2.48. The first kappa shape index (κ1) is 16.4. The highest BCUT2D eigenvalue weighted by Gasteiger charge is 2.29. The number of amides is 2. The standard InChI is InChI=1S/C16H21N5O3/c1-12-10-14(21(20-12)13-6-3-4-7-17-13)19-15(22)18-11-16(2)23-8-5-9-24-16/h3-4,6-7,10H,5,8-9,11H2,1-2H3,(H2,18,19,22). The first-order valence-electron chi connectivity index (χ1n) is 7.87. The average molecular weight is 331 g/mol. The minimum Gasteiger partial charge on any atom is -0.348 e. The Morgan fingerprint density at radius 3 is 2.88 bits per heavy atom. The summed E-state index contributed by atoms with van der Waals surface area (Å²) in [6, 6.07) is 6.93. The molecule has 1 aliphatic rings. The van der Waals surface area contributed by atoms with Gasteiger partial charge in [-0.3, -0.25) is 5.32 Å². The molecule has 0 atom stereocenters. The van der Waals surface area contributed by atoms with Crippen LogP contribution in [0.25, 0.3) is 5.82 Å². The van der Waals surface area contributed by atoms with Crippen LogP contribution in [0.3, 0.4) is 0 Å². The number of urea groups is 1. The largest absolute Gasteiger partial charge is 0.348 e. The summed E-state index contributed by atoms with van der Waals surface area (Å²) < 4.78 is 12.7. The van der Waals surface area contributed by atoms with E-state index >= 15 is 0 Å². The first-order valence-corrected chi connectivity index (χ1v) is 7.87. The number of rotatable bonds is 4. The van der Waals surface area contributed by atoms with E-state index in [0.29, 0.717) is 24.8 Å². The van der Waals surface area contributed by atoms with Crippen molar-refractivity contribution in [1.82, 2.24) is 20.1 Å². The molecule has 2 aromatic rings. The van der Waals surface area contributed by atoms with Gasteiger partial charge in [-0.25, -0.2) is 9.78 Å². The average Bonchev–Trinajstić information content (AvgIpc) is 2.95. The summed E-state index contributed by atoms with van der Waals surface area (Å²) in [5, 5.41) is 9.91. The molecule has 2 aromatic heterocycles. The van der Waals surface area contributed by atoms with Gasteiger partial charge in [-0.05, 0) is 32.4 Å². The molecule has 8 nitrogen and oxygen atoms in total. The SMILES string of the molecule is Cc1cc(NC(=O)NCC2(C)OCCCO2)n(-c2ccccn2)n1.